The van der Waals surface area contributed by atoms with Crippen molar-refractivity contribution in [3.05, 3.63) is 33.5 Å². The summed E-state index contributed by atoms with van der Waals surface area (Å²) in [5.74, 6) is 2.39. The fourth-order valence-electron chi connectivity index (χ4n) is 2.35. The van der Waals surface area contributed by atoms with E-state index in [2.05, 4.69) is 27.4 Å². The second-order valence-corrected chi connectivity index (χ2v) is 6.17. The van der Waals surface area contributed by atoms with E-state index >= 15 is 0 Å². The summed E-state index contributed by atoms with van der Waals surface area (Å²) in [7, 11) is 0. The van der Waals surface area contributed by atoms with Gasteiger partial charge in [0.25, 0.3) is 0 Å². The second kappa shape index (κ2) is 4.84. The van der Waals surface area contributed by atoms with E-state index in [1.165, 1.54) is 12.8 Å². The number of anilines is 1. The summed E-state index contributed by atoms with van der Waals surface area (Å²) in [6, 6.07) is 5.75. The van der Waals surface area contributed by atoms with Crippen molar-refractivity contribution in [1.82, 2.24) is 9.55 Å². The average molecular weight is 341 g/mol. The molecule has 0 atom stereocenters. The first kappa shape index (κ1) is 13.0. The summed E-state index contributed by atoms with van der Waals surface area (Å²) in [5, 5.41) is 0.679. The first-order valence-corrected chi connectivity index (χ1v) is 7.60. The Morgan fingerprint density at radius 2 is 2.21 bits per heavy atom. The predicted molar refractivity (Wildman–Crippen MR) is 82.4 cm³/mol. The highest BCUT2D eigenvalue weighted by Gasteiger charge is 2.30. The molecule has 0 radical (unpaired) electrons. The summed E-state index contributed by atoms with van der Waals surface area (Å²) < 4.78 is 3.08. The van der Waals surface area contributed by atoms with Gasteiger partial charge in [-0.15, -0.1) is 0 Å². The van der Waals surface area contributed by atoms with Crippen LogP contribution >= 0.6 is 27.5 Å². The number of imidazole rings is 1. The SMILES string of the molecule is CCn1c(C2CC2)nc(-c2cc(Br)ccc2Cl)c1N. The normalized spacial score (nSPS) is 14.9. The second-order valence-electron chi connectivity index (χ2n) is 4.85. The molecule has 1 aliphatic rings. The van der Waals surface area contributed by atoms with Gasteiger partial charge >= 0.3 is 0 Å². The van der Waals surface area contributed by atoms with Gasteiger partial charge in [0.15, 0.2) is 0 Å². The van der Waals surface area contributed by atoms with E-state index < -0.39 is 0 Å². The number of hydrogen-bond acceptors (Lipinski definition) is 2. The van der Waals surface area contributed by atoms with Gasteiger partial charge in [-0.1, -0.05) is 27.5 Å². The maximum absolute atomic E-state index is 6.28. The topological polar surface area (TPSA) is 43.8 Å². The molecule has 2 aromatic rings. The highest BCUT2D eigenvalue weighted by atomic mass is 79.9. The van der Waals surface area contributed by atoms with Crippen LogP contribution in [-0.2, 0) is 6.54 Å². The van der Waals surface area contributed by atoms with Crippen molar-refractivity contribution in [3.63, 3.8) is 0 Å². The summed E-state index contributed by atoms with van der Waals surface area (Å²) in [4.78, 5) is 4.75. The lowest BCUT2D eigenvalue weighted by atomic mass is 10.1. The van der Waals surface area contributed by atoms with Crippen LogP contribution in [0.1, 0.15) is 31.5 Å². The predicted octanol–water partition coefficient (Wildman–Crippen LogP) is 4.45. The molecule has 1 saturated carbocycles. The third-order valence-corrected chi connectivity index (χ3v) is 4.30. The van der Waals surface area contributed by atoms with Crippen LogP contribution < -0.4 is 5.73 Å². The minimum Gasteiger partial charge on any atom is -0.383 e. The lowest BCUT2D eigenvalue weighted by Crippen LogP contribution is -2.04. The Bertz CT molecular complexity index is 632. The first-order chi connectivity index (χ1) is 9.11. The Kier molecular flexibility index (Phi) is 3.31. The van der Waals surface area contributed by atoms with E-state index in [-0.39, 0.29) is 0 Å². The molecule has 0 aliphatic heterocycles. The number of benzene rings is 1. The molecule has 0 unspecified atom stereocenters. The Labute approximate surface area is 125 Å². The van der Waals surface area contributed by atoms with E-state index in [0.29, 0.717) is 16.8 Å². The van der Waals surface area contributed by atoms with Crippen LogP contribution in [0.15, 0.2) is 22.7 Å². The van der Waals surface area contributed by atoms with Gasteiger partial charge in [0.2, 0.25) is 0 Å². The average Bonchev–Trinajstić information content (AvgIpc) is 3.17. The number of rotatable bonds is 3. The molecule has 0 saturated heterocycles. The van der Waals surface area contributed by atoms with E-state index in [1.54, 1.807) is 0 Å². The van der Waals surface area contributed by atoms with Crippen LogP contribution in [-0.4, -0.2) is 9.55 Å². The van der Waals surface area contributed by atoms with E-state index in [1.807, 2.05) is 18.2 Å². The van der Waals surface area contributed by atoms with Crippen molar-refractivity contribution in [2.45, 2.75) is 32.2 Å². The van der Waals surface area contributed by atoms with Gasteiger partial charge in [-0.2, -0.15) is 0 Å². The zero-order valence-corrected chi connectivity index (χ0v) is 13.0. The highest BCUT2D eigenvalue weighted by molar-refractivity contribution is 9.10. The Hall–Kier alpha value is -1.00. The smallest absolute Gasteiger partial charge is 0.131 e. The molecule has 1 aromatic heterocycles. The molecule has 2 N–H and O–H groups in total. The van der Waals surface area contributed by atoms with Crippen LogP contribution in [0.5, 0.6) is 0 Å². The van der Waals surface area contributed by atoms with E-state index in [0.717, 1.165) is 28.1 Å². The van der Waals surface area contributed by atoms with Gasteiger partial charge in [-0.3, -0.25) is 0 Å². The summed E-state index contributed by atoms with van der Waals surface area (Å²) in [5.41, 5.74) is 7.95. The Balaban J connectivity index is 2.17. The Morgan fingerprint density at radius 1 is 1.47 bits per heavy atom. The van der Waals surface area contributed by atoms with Crippen LogP contribution in [0, 0.1) is 0 Å². The third-order valence-electron chi connectivity index (χ3n) is 3.48. The minimum atomic E-state index is 0.571. The van der Waals surface area contributed by atoms with Gasteiger partial charge in [-0.05, 0) is 38.0 Å². The third kappa shape index (κ3) is 2.28. The largest absolute Gasteiger partial charge is 0.383 e. The molecule has 5 heteroatoms. The summed E-state index contributed by atoms with van der Waals surface area (Å²) in [6.45, 7) is 2.94. The van der Waals surface area contributed by atoms with Crippen molar-refractivity contribution in [2.24, 2.45) is 0 Å². The van der Waals surface area contributed by atoms with Gasteiger partial charge in [0.1, 0.15) is 17.3 Å². The van der Waals surface area contributed by atoms with Crippen LogP contribution in [0.25, 0.3) is 11.3 Å². The molecular weight excluding hydrogens is 326 g/mol. The lowest BCUT2D eigenvalue weighted by molar-refractivity contribution is 0.708. The molecule has 1 heterocycles. The summed E-state index contributed by atoms with van der Waals surface area (Å²) in [6.07, 6.45) is 2.42. The number of nitrogens with two attached hydrogens (primary N) is 1. The molecule has 100 valence electrons. The van der Waals surface area contributed by atoms with Gasteiger partial charge in [0.05, 0.1) is 5.02 Å². The van der Waals surface area contributed by atoms with E-state index in [4.69, 9.17) is 22.3 Å². The fraction of sp³-hybridized carbons (Fsp3) is 0.357. The molecule has 0 amide bonds. The van der Waals surface area contributed by atoms with Crippen LogP contribution in [0.4, 0.5) is 5.82 Å². The number of nitrogens with zero attached hydrogens (tertiary/aromatic N) is 2. The molecule has 3 nitrogen and oxygen atoms in total. The molecule has 0 spiro atoms. The van der Waals surface area contributed by atoms with Crippen molar-refractivity contribution in [2.75, 3.05) is 5.73 Å². The molecule has 1 aromatic carbocycles. The molecule has 3 rings (SSSR count). The number of halogens is 2. The lowest BCUT2D eigenvalue weighted by Gasteiger charge is -2.06. The monoisotopic (exact) mass is 339 g/mol. The fourth-order valence-corrected chi connectivity index (χ4v) is 2.91. The minimum absolute atomic E-state index is 0.571. The highest BCUT2D eigenvalue weighted by Crippen LogP contribution is 2.43. The maximum atomic E-state index is 6.28. The molecule has 19 heavy (non-hydrogen) atoms. The van der Waals surface area contributed by atoms with Crippen molar-refractivity contribution in [1.29, 1.82) is 0 Å². The number of aromatic nitrogens is 2. The Morgan fingerprint density at radius 3 is 2.84 bits per heavy atom. The maximum Gasteiger partial charge on any atom is 0.131 e. The van der Waals surface area contributed by atoms with E-state index in [9.17, 15) is 0 Å². The zero-order valence-electron chi connectivity index (χ0n) is 10.7. The standard InChI is InChI=1S/C14H15BrClN3/c1-2-19-13(17)12(18-14(19)8-3-4-8)10-7-9(15)5-6-11(10)16/h5-8H,2-4,17H2,1H3. The quantitative estimate of drug-likeness (QED) is 0.897. The molecule has 1 aliphatic carbocycles. The number of nitrogen functional groups attached to an aromatic ring is 1. The van der Waals surface area contributed by atoms with Gasteiger partial charge < -0.3 is 10.3 Å². The van der Waals surface area contributed by atoms with Crippen molar-refractivity contribution in [3.8, 4) is 11.3 Å². The first-order valence-electron chi connectivity index (χ1n) is 6.43. The van der Waals surface area contributed by atoms with Gasteiger partial charge in [-0.25, -0.2) is 4.98 Å². The van der Waals surface area contributed by atoms with Crippen LogP contribution in [0.3, 0.4) is 0 Å². The van der Waals surface area contributed by atoms with Crippen LogP contribution in [0.2, 0.25) is 5.02 Å². The number of hydrogen-bond donors (Lipinski definition) is 1. The van der Waals surface area contributed by atoms with Crippen molar-refractivity contribution >= 4 is 33.3 Å². The summed E-state index contributed by atoms with van der Waals surface area (Å²) >= 11 is 9.74. The molecule has 0 bridgehead atoms. The molecule has 1 fully saturated rings. The molecular formula is C14H15BrClN3. The van der Waals surface area contributed by atoms with Gasteiger partial charge in [0, 0.05) is 22.5 Å². The zero-order chi connectivity index (χ0) is 13.6. The van der Waals surface area contributed by atoms with Crippen molar-refractivity contribution < 1.29 is 0 Å².